The number of aryl methyl sites for hydroxylation is 1. The van der Waals surface area contributed by atoms with Crippen molar-refractivity contribution in [2.75, 3.05) is 11.1 Å². The molecular weight excluding hydrogens is 332 g/mol. The van der Waals surface area contributed by atoms with E-state index in [1.165, 1.54) is 11.3 Å². The van der Waals surface area contributed by atoms with Crippen molar-refractivity contribution in [3.05, 3.63) is 40.2 Å². The first-order chi connectivity index (χ1) is 11.2. The highest BCUT2D eigenvalue weighted by Gasteiger charge is 2.14. The predicted octanol–water partition coefficient (Wildman–Crippen LogP) is 3.87. The minimum Gasteiger partial charge on any atom is -0.401 e. The van der Waals surface area contributed by atoms with Crippen molar-refractivity contribution >= 4 is 35.0 Å². The fraction of sp³-hybridized carbons (Fsp3) is 0.200. The molecule has 2 aromatic heterocycles. The number of hydrogen-bond acceptors (Lipinski definition) is 7. The van der Waals surface area contributed by atoms with Crippen molar-refractivity contribution < 1.29 is 9.21 Å². The Kier molecular flexibility index (Phi) is 4.73. The lowest BCUT2D eigenvalue weighted by molar-refractivity contribution is 0.102. The molecule has 6 nitrogen and oxygen atoms in total. The van der Waals surface area contributed by atoms with Crippen LogP contribution in [0.15, 0.2) is 39.0 Å². The SMILES string of the molecule is CCSc1ccc(C(=O)Nc2nnc(-c3csc(C)n3)o2)cc1. The zero-order valence-corrected chi connectivity index (χ0v) is 14.2. The maximum absolute atomic E-state index is 12.2. The molecule has 0 unspecified atom stereocenters. The molecule has 2 heterocycles. The lowest BCUT2D eigenvalue weighted by atomic mass is 10.2. The van der Waals surface area contributed by atoms with E-state index in [9.17, 15) is 4.79 Å². The van der Waals surface area contributed by atoms with E-state index in [2.05, 4.69) is 27.4 Å². The maximum atomic E-state index is 12.2. The predicted molar refractivity (Wildman–Crippen MR) is 90.9 cm³/mol. The molecule has 1 aromatic carbocycles. The Bertz CT molecular complexity index is 811. The molecule has 8 heteroatoms. The van der Waals surface area contributed by atoms with E-state index in [0.29, 0.717) is 17.1 Å². The quantitative estimate of drug-likeness (QED) is 0.706. The second-order valence-corrected chi connectivity index (χ2v) is 6.98. The average Bonchev–Trinajstić information content (AvgIpc) is 3.17. The Morgan fingerprint density at radius 2 is 2.09 bits per heavy atom. The smallest absolute Gasteiger partial charge is 0.322 e. The molecule has 0 fully saturated rings. The lowest BCUT2D eigenvalue weighted by Gasteiger charge is -2.02. The van der Waals surface area contributed by atoms with Gasteiger partial charge in [0.25, 0.3) is 11.8 Å². The Labute approximate surface area is 141 Å². The Morgan fingerprint density at radius 3 is 2.74 bits per heavy atom. The maximum Gasteiger partial charge on any atom is 0.322 e. The van der Waals surface area contributed by atoms with Gasteiger partial charge in [0.05, 0.1) is 5.01 Å². The molecule has 0 bridgehead atoms. The number of hydrogen-bond donors (Lipinski definition) is 1. The normalized spacial score (nSPS) is 10.7. The van der Waals surface area contributed by atoms with Gasteiger partial charge in [0.15, 0.2) is 0 Å². The van der Waals surface area contributed by atoms with Crippen LogP contribution in [0.5, 0.6) is 0 Å². The summed E-state index contributed by atoms with van der Waals surface area (Å²) in [7, 11) is 0. The number of thioether (sulfide) groups is 1. The van der Waals surface area contributed by atoms with E-state index in [0.717, 1.165) is 15.7 Å². The molecule has 1 N–H and O–H groups in total. The zero-order valence-electron chi connectivity index (χ0n) is 12.6. The third kappa shape index (κ3) is 3.77. The second-order valence-electron chi connectivity index (χ2n) is 4.58. The molecule has 3 aromatic rings. The number of benzene rings is 1. The molecule has 0 saturated heterocycles. The molecule has 0 radical (unpaired) electrons. The number of nitrogens with zero attached hydrogens (tertiary/aromatic N) is 3. The highest BCUT2D eigenvalue weighted by molar-refractivity contribution is 7.99. The van der Waals surface area contributed by atoms with E-state index < -0.39 is 0 Å². The minimum absolute atomic E-state index is 0.0580. The fourth-order valence-electron chi connectivity index (χ4n) is 1.88. The largest absolute Gasteiger partial charge is 0.401 e. The van der Waals surface area contributed by atoms with E-state index >= 15 is 0 Å². The summed E-state index contributed by atoms with van der Waals surface area (Å²) in [5, 5.41) is 13.1. The first-order valence-electron chi connectivity index (χ1n) is 6.96. The van der Waals surface area contributed by atoms with E-state index in [1.807, 2.05) is 24.4 Å². The van der Waals surface area contributed by atoms with Gasteiger partial charge in [-0.2, -0.15) is 0 Å². The molecular formula is C15H14N4O2S2. The number of carbonyl (C=O) groups is 1. The monoisotopic (exact) mass is 346 g/mol. The molecule has 1 amide bonds. The van der Waals surface area contributed by atoms with E-state index in [-0.39, 0.29) is 11.9 Å². The molecule has 0 aliphatic carbocycles. The highest BCUT2D eigenvalue weighted by atomic mass is 32.2. The van der Waals surface area contributed by atoms with E-state index in [1.54, 1.807) is 23.9 Å². The van der Waals surface area contributed by atoms with Gasteiger partial charge in [0.1, 0.15) is 5.69 Å². The van der Waals surface area contributed by atoms with E-state index in [4.69, 9.17) is 4.42 Å². The summed E-state index contributed by atoms with van der Waals surface area (Å²) in [6, 6.07) is 7.44. The van der Waals surface area contributed by atoms with Crippen LogP contribution in [-0.2, 0) is 0 Å². The highest BCUT2D eigenvalue weighted by Crippen LogP contribution is 2.22. The van der Waals surface area contributed by atoms with Crippen molar-refractivity contribution in [3.63, 3.8) is 0 Å². The van der Waals surface area contributed by atoms with Crippen LogP contribution in [0.4, 0.5) is 6.01 Å². The summed E-state index contributed by atoms with van der Waals surface area (Å²) in [6.07, 6.45) is 0. The molecule has 118 valence electrons. The van der Waals surface area contributed by atoms with Crippen molar-refractivity contribution in [1.82, 2.24) is 15.2 Å². The van der Waals surface area contributed by atoms with Gasteiger partial charge < -0.3 is 4.42 Å². The molecule has 3 rings (SSSR count). The zero-order chi connectivity index (χ0) is 16.2. The minimum atomic E-state index is -0.289. The van der Waals surface area contributed by atoms with Gasteiger partial charge in [-0.15, -0.1) is 28.2 Å². The van der Waals surface area contributed by atoms with Crippen LogP contribution in [0.3, 0.4) is 0 Å². The lowest BCUT2D eigenvalue weighted by Crippen LogP contribution is -2.11. The summed E-state index contributed by atoms with van der Waals surface area (Å²) in [5.41, 5.74) is 1.15. The standard InChI is InChI=1S/C15H14N4O2S2/c1-3-22-11-6-4-10(5-7-11)13(20)17-15-19-18-14(21-15)12-8-23-9(2)16-12/h4-8H,3H2,1-2H3,(H,17,19,20). The summed E-state index contributed by atoms with van der Waals surface area (Å²) in [6.45, 7) is 3.98. The van der Waals surface area contributed by atoms with Crippen LogP contribution >= 0.6 is 23.1 Å². The van der Waals surface area contributed by atoms with Crippen LogP contribution < -0.4 is 5.32 Å². The number of anilines is 1. The Morgan fingerprint density at radius 1 is 1.30 bits per heavy atom. The van der Waals surface area contributed by atoms with Crippen LogP contribution in [-0.4, -0.2) is 26.8 Å². The van der Waals surface area contributed by atoms with Crippen molar-refractivity contribution in [2.24, 2.45) is 0 Å². The Hall–Kier alpha value is -2.19. The van der Waals surface area contributed by atoms with Gasteiger partial charge >= 0.3 is 6.01 Å². The number of nitrogens with one attached hydrogen (secondary N) is 1. The molecule has 0 aliphatic heterocycles. The average molecular weight is 346 g/mol. The van der Waals surface area contributed by atoms with Gasteiger partial charge in [0, 0.05) is 15.8 Å². The third-order valence-corrected chi connectivity index (χ3v) is 4.58. The van der Waals surface area contributed by atoms with Crippen LogP contribution in [0.25, 0.3) is 11.6 Å². The van der Waals surface area contributed by atoms with Gasteiger partial charge in [-0.25, -0.2) is 4.98 Å². The first-order valence-corrected chi connectivity index (χ1v) is 8.82. The molecule has 23 heavy (non-hydrogen) atoms. The second kappa shape index (κ2) is 6.93. The summed E-state index contributed by atoms with van der Waals surface area (Å²) in [4.78, 5) is 17.6. The summed E-state index contributed by atoms with van der Waals surface area (Å²) >= 11 is 3.22. The van der Waals surface area contributed by atoms with Gasteiger partial charge in [-0.1, -0.05) is 12.0 Å². The van der Waals surface area contributed by atoms with Gasteiger partial charge in [0.2, 0.25) is 0 Å². The van der Waals surface area contributed by atoms with Crippen molar-refractivity contribution in [3.8, 4) is 11.6 Å². The van der Waals surface area contributed by atoms with Crippen LogP contribution in [0.1, 0.15) is 22.3 Å². The molecule has 0 aliphatic rings. The number of amides is 1. The summed E-state index contributed by atoms with van der Waals surface area (Å²) < 4.78 is 5.42. The Balaban J connectivity index is 1.69. The summed E-state index contributed by atoms with van der Waals surface area (Å²) in [5.74, 6) is 0.994. The number of carbonyl (C=O) groups excluding carboxylic acids is 1. The van der Waals surface area contributed by atoms with Gasteiger partial charge in [-0.3, -0.25) is 10.1 Å². The van der Waals surface area contributed by atoms with Crippen molar-refractivity contribution in [1.29, 1.82) is 0 Å². The van der Waals surface area contributed by atoms with Crippen molar-refractivity contribution in [2.45, 2.75) is 18.7 Å². The molecule has 0 atom stereocenters. The number of aromatic nitrogens is 3. The molecule has 0 saturated carbocycles. The third-order valence-electron chi connectivity index (χ3n) is 2.91. The fourth-order valence-corrected chi connectivity index (χ4v) is 3.13. The van der Waals surface area contributed by atoms with Gasteiger partial charge in [-0.05, 0) is 36.9 Å². The topological polar surface area (TPSA) is 80.9 Å². The number of rotatable bonds is 5. The van der Waals surface area contributed by atoms with Crippen LogP contribution in [0, 0.1) is 6.92 Å². The number of thiazole rings is 1. The van der Waals surface area contributed by atoms with Crippen LogP contribution in [0.2, 0.25) is 0 Å². The first kappa shape index (κ1) is 15.7. The molecule has 0 spiro atoms.